The second-order valence-electron chi connectivity index (χ2n) is 6.34. The van der Waals surface area contributed by atoms with Crippen molar-refractivity contribution in [3.05, 3.63) is 30.0 Å². The molecule has 5 nitrogen and oxygen atoms in total. The lowest BCUT2D eigenvalue weighted by atomic mass is 10.1. The van der Waals surface area contributed by atoms with Gasteiger partial charge in [-0.2, -0.15) is 5.10 Å². The highest BCUT2D eigenvalue weighted by molar-refractivity contribution is 5.84. The van der Waals surface area contributed by atoms with Crippen molar-refractivity contribution in [1.29, 1.82) is 0 Å². The van der Waals surface area contributed by atoms with Gasteiger partial charge in [0, 0.05) is 11.9 Å². The lowest BCUT2D eigenvalue weighted by molar-refractivity contribution is -0.126. The van der Waals surface area contributed by atoms with Crippen LogP contribution in [-0.2, 0) is 17.9 Å². The van der Waals surface area contributed by atoms with Crippen LogP contribution in [0.2, 0.25) is 0 Å². The maximum atomic E-state index is 12.6. The molecule has 1 aliphatic rings. The van der Waals surface area contributed by atoms with Crippen LogP contribution in [0.5, 0.6) is 0 Å². The molecule has 2 aromatic rings. The summed E-state index contributed by atoms with van der Waals surface area (Å²) >= 11 is 0. The molecule has 2 heterocycles. The SMILES string of the molecule is CCn1nc(CNC(=O)C2CCCCCN2C)c2ccccc21. The highest BCUT2D eigenvalue weighted by atomic mass is 16.2. The summed E-state index contributed by atoms with van der Waals surface area (Å²) in [6.07, 6.45) is 4.49. The molecule has 1 aromatic carbocycles. The molecule has 1 unspecified atom stereocenters. The molecule has 3 rings (SSSR count). The van der Waals surface area contributed by atoms with Crippen LogP contribution in [0.3, 0.4) is 0 Å². The number of nitrogens with one attached hydrogen (secondary N) is 1. The summed E-state index contributed by atoms with van der Waals surface area (Å²) in [6.45, 7) is 4.42. The molecule has 1 saturated heterocycles. The first-order chi connectivity index (χ1) is 11.2. The van der Waals surface area contributed by atoms with Crippen LogP contribution in [-0.4, -0.2) is 40.2 Å². The van der Waals surface area contributed by atoms with Gasteiger partial charge < -0.3 is 5.32 Å². The first kappa shape index (κ1) is 16.0. The van der Waals surface area contributed by atoms with Crippen molar-refractivity contribution >= 4 is 16.8 Å². The van der Waals surface area contributed by atoms with E-state index in [0.717, 1.165) is 42.5 Å². The van der Waals surface area contributed by atoms with Crippen molar-refractivity contribution in [1.82, 2.24) is 20.0 Å². The number of fused-ring (bicyclic) bond motifs is 1. The Balaban J connectivity index is 1.71. The third kappa shape index (κ3) is 3.39. The van der Waals surface area contributed by atoms with Gasteiger partial charge in [-0.05, 0) is 39.4 Å². The van der Waals surface area contributed by atoms with Crippen molar-refractivity contribution in [3.8, 4) is 0 Å². The molecule has 1 aliphatic heterocycles. The van der Waals surface area contributed by atoms with Gasteiger partial charge in [-0.1, -0.05) is 31.0 Å². The molecular weight excluding hydrogens is 288 g/mol. The van der Waals surface area contributed by atoms with Crippen molar-refractivity contribution in [2.45, 2.75) is 51.7 Å². The van der Waals surface area contributed by atoms with Crippen molar-refractivity contribution < 1.29 is 4.79 Å². The van der Waals surface area contributed by atoms with Crippen LogP contribution in [0.4, 0.5) is 0 Å². The number of rotatable bonds is 4. The first-order valence-electron chi connectivity index (χ1n) is 8.63. The fourth-order valence-corrected chi connectivity index (χ4v) is 3.44. The van der Waals surface area contributed by atoms with Crippen molar-refractivity contribution in [2.24, 2.45) is 0 Å². The number of likely N-dealkylation sites (tertiary alicyclic amines) is 1. The third-order valence-electron chi connectivity index (χ3n) is 4.79. The topological polar surface area (TPSA) is 50.2 Å². The summed E-state index contributed by atoms with van der Waals surface area (Å²) < 4.78 is 1.99. The summed E-state index contributed by atoms with van der Waals surface area (Å²) in [5.74, 6) is 0.129. The normalized spacial score (nSPS) is 19.7. The largest absolute Gasteiger partial charge is 0.349 e. The number of nitrogens with zero attached hydrogens (tertiary/aromatic N) is 3. The minimum absolute atomic E-state index is 0.00275. The quantitative estimate of drug-likeness (QED) is 0.943. The van der Waals surface area contributed by atoms with Gasteiger partial charge >= 0.3 is 0 Å². The van der Waals surface area contributed by atoms with Gasteiger partial charge in [0.05, 0.1) is 23.8 Å². The summed E-state index contributed by atoms with van der Waals surface area (Å²) in [6, 6.07) is 8.20. The Morgan fingerprint density at radius 1 is 1.30 bits per heavy atom. The number of carbonyl (C=O) groups excluding carboxylic acids is 1. The van der Waals surface area contributed by atoms with E-state index in [1.807, 2.05) is 16.8 Å². The number of amides is 1. The van der Waals surface area contributed by atoms with Gasteiger partial charge in [-0.25, -0.2) is 0 Å². The average Bonchev–Trinajstić information content (AvgIpc) is 2.79. The molecule has 5 heteroatoms. The summed E-state index contributed by atoms with van der Waals surface area (Å²) in [7, 11) is 2.05. The third-order valence-corrected chi connectivity index (χ3v) is 4.79. The second-order valence-corrected chi connectivity index (χ2v) is 6.34. The van der Waals surface area contributed by atoms with E-state index in [1.165, 1.54) is 12.8 Å². The molecular formula is C18H26N4O. The molecule has 0 saturated carbocycles. The van der Waals surface area contributed by atoms with E-state index in [9.17, 15) is 4.79 Å². The minimum Gasteiger partial charge on any atom is -0.349 e. The maximum Gasteiger partial charge on any atom is 0.237 e. The summed E-state index contributed by atoms with van der Waals surface area (Å²) in [5, 5.41) is 8.88. The molecule has 0 bridgehead atoms. The lowest BCUT2D eigenvalue weighted by Gasteiger charge is -2.24. The summed E-state index contributed by atoms with van der Waals surface area (Å²) in [4.78, 5) is 14.7. The highest BCUT2D eigenvalue weighted by Crippen LogP contribution is 2.19. The Bertz CT molecular complexity index is 679. The van der Waals surface area contributed by atoms with Gasteiger partial charge in [0.2, 0.25) is 5.91 Å². The predicted octanol–water partition coefficient (Wildman–Crippen LogP) is 2.55. The lowest BCUT2D eigenvalue weighted by Crippen LogP contribution is -2.44. The standard InChI is InChI=1S/C18H26N4O/c1-3-22-16-10-7-6-9-14(16)15(20-22)13-19-18(23)17-11-5-4-8-12-21(17)2/h6-7,9-10,17H,3-5,8,11-13H2,1-2H3,(H,19,23). The van der Waals surface area contributed by atoms with Crippen LogP contribution in [0.1, 0.15) is 38.3 Å². The Labute approximate surface area is 137 Å². The zero-order valence-corrected chi connectivity index (χ0v) is 14.1. The Hall–Kier alpha value is -1.88. The fourth-order valence-electron chi connectivity index (χ4n) is 3.44. The van der Waals surface area contributed by atoms with E-state index < -0.39 is 0 Å². The van der Waals surface area contributed by atoms with E-state index in [0.29, 0.717) is 6.54 Å². The summed E-state index contributed by atoms with van der Waals surface area (Å²) in [5.41, 5.74) is 2.08. The van der Waals surface area contributed by atoms with Crippen LogP contribution in [0.15, 0.2) is 24.3 Å². The highest BCUT2D eigenvalue weighted by Gasteiger charge is 2.24. The maximum absolute atomic E-state index is 12.6. The van der Waals surface area contributed by atoms with E-state index in [-0.39, 0.29) is 11.9 Å². The van der Waals surface area contributed by atoms with E-state index in [1.54, 1.807) is 0 Å². The fraction of sp³-hybridized carbons (Fsp3) is 0.556. The molecule has 1 amide bonds. The number of carbonyl (C=O) groups is 1. The molecule has 0 spiro atoms. The Morgan fingerprint density at radius 2 is 2.13 bits per heavy atom. The molecule has 1 N–H and O–H groups in total. The first-order valence-corrected chi connectivity index (χ1v) is 8.63. The molecule has 0 radical (unpaired) electrons. The minimum atomic E-state index is -0.00275. The number of hydrogen-bond donors (Lipinski definition) is 1. The number of aryl methyl sites for hydroxylation is 1. The molecule has 1 atom stereocenters. The van der Waals surface area contributed by atoms with E-state index in [2.05, 4.69) is 41.4 Å². The van der Waals surface area contributed by atoms with Gasteiger partial charge in [-0.15, -0.1) is 0 Å². The van der Waals surface area contributed by atoms with Crippen molar-refractivity contribution in [2.75, 3.05) is 13.6 Å². The van der Waals surface area contributed by atoms with E-state index >= 15 is 0 Å². The predicted molar refractivity (Wildman–Crippen MR) is 92.1 cm³/mol. The van der Waals surface area contributed by atoms with Gasteiger partial charge in [0.15, 0.2) is 0 Å². The Morgan fingerprint density at radius 3 is 2.96 bits per heavy atom. The van der Waals surface area contributed by atoms with Crippen LogP contribution >= 0.6 is 0 Å². The zero-order valence-electron chi connectivity index (χ0n) is 14.1. The molecule has 0 aliphatic carbocycles. The number of likely N-dealkylation sites (N-methyl/N-ethyl adjacent to an activating group) is 1. The Kier molecular flexibility index (Phi) is 4.96. The van der Waals surface area contributed by atoms with E-state index in [4.69, 9.17) is 0 Å². The number of hydrogen-bond acceptors (Lipinski definition) is 3. The number of aromatic nitrogens is 2. The zero-order chi connectivity index (χ0) is 16.2. The molecule has 124 valence electrons. The van der Waals surface area contributed by atoms with Crippen LogP contribution in [0, 0.1) is 0 Å². The molecule has 23 heavy (non-hydrogen) atoms. The molecule has 1 fully saturated rings. The average molecular weight is 314 g/mol. The van der Waals surface area contributed by atoms with Crippen molar-refractivity contribution in [3.63, 3.8) is 0 Å². The van der Waals surface area contributed by atoms with Gasteiger partial charge in [-0.3, -0.25) is 14.4 Å². The monoisotopic (exact) mass is 314 g/mol. The smallest absolute Gasteiger partial charge is 0.237 e. The number of para-hydroxylation sites is 1. The van der Waals surface area contributed by atoms with Gasteiger partial charge in [0.25, 0.3) is 0 Å². The second kappa shape index (κ2) is 7.13. The molecule has 1 aromatic heterocycles. The number of benzene rings is 1. The van der Waals surface area contributed by atoms with Crippen LogP contribution in [0.25, 0.3) is 10.9 Å². The van der Waals surface area contributed by atoms with Gasteiger partial charge in [0.1, 0.15) is 0 Å². The van der Waals surface area contributed by atoms with Crippen LogP contribution < -0.4 is 5.32 Å².